The molecule has 0 radical (unpaired) electrons. The van der Waals surface area contributed by atoms with Crippen LogP contribution in [0, 0.1) is 0 Å². The predicted octanol–water partition coefficient (Wildman–Crippen LogP) is 3.53. The van der Waals surface area contributed by atoms with E-state index in [0.717, 1.165) is 10.8 Å². The van der Waals surface area contributed by atoms with Gasteiger partial charge in [0.1, 0.15) is 11.4 Å². The number of nitrogens with two attached hydrogens (primary N) is 1. The lowest BCUT2D eigenvalue weighted by Gasteiger charge is -2.10. The van der Waals surface area contributed by atoms with E-state index in [1.54, 1.807) is 18.5 Å². The van der Waals surface area contributed by atoms with Crippen LogP contribution in [-0.4, -0.2) is 9.97 Å². The van der Waals surface area contributed by atoms with Crippen LogP contribution in [0.5, 0.6) is 11.6 Å². The number of ether oxygens (including phenoxy) is 1. The molecule has 0 unspecified atom stereocenters. The summed E-state index contributed by atoms with van der Waals surface area (Å²) >= 11 is 6.19. The van der Waals surface area contributed by atoms with Crippen molar-refractivity contribution in [3.05, 3.63) is 59.5 Å². The number of fused-ring (bicyclic) bond motifs is 1. The van der Waals surface area contributed by atoms with Gasteiger partial charge in [0.05, 0.1) is 0 Å². The van der Waals surface area contributed by atoms with Crippen LogP contribution in [0.15, 0.2) is 48.8 Å². The minimum absolute atomic E-state index is 0.273. The molecule has 100 valence electrons. The highest BCUT2D eigenvalue weighted by Crippen LogP contribution is 2.33. The van der Waals surface area contributed by atoms with Crippen molar-refractivity contribution >= 4 is 22.4 Å². The van der Waals surface area contributed by atoms with Crippen molar-refractivity contribution in [2.24, 2.45) is 5.73 Å². The Balaban J connectivity index is 2.09. The van der Waals surface area contributed by atoms with Gasteiger partial charge in [0.2, 0.25) is 5.88 Å². The zero-order valence-corrected chi connectivity index (χ0v) is 11.3. The highest BCUT2D eigenvalue weighted by atomic mass is 35.5. The summed E-state index contributed by atoms with van der Waals surface area (Å²) in [5, 5.41) is 2.55. The Morgan fingerprint density at radius 1 is 1.00 bits per heavy atom. The molecule has 4 nitrogen and oxygen atoms in total. The third kappa shape index (κ3) is 2.31. The third-order valence-electron chi connectivity index (χ3n) is 2.97. The summed E-state index contributed by atoms with van der Waals surface area (Å²) in [5.74, 6) is 1.10. The summed E-state index contributed by atoms with van der Waals surface area (Å²) in [4.78, 5) is 8.33. The van der Waals surface area contributed by atoms with E-state index in [4.69, 9.17) is 22.1 Å². The summed E-state index contributed by atoms with van der Waals surface area (Å²) in [5.41, 5.74) is 6.25. The van der Waals surface area contributed by atoms with Crippen LogP contribution < -0.4 is 10.5 Å². The van der Waals surface area contributed by atoms with Crippen molar-refractivity contribution in [3.63, 3.8) is 0 Å². The van der Waals surface area contributed by atoms with Gasteiger partial charge in [0.15, 0.2) is 0 Å². The molecule has 5 heteroatoms. The molecule has 0 fully saturated rings. The normalized spacial score (nSPS) is 10.7. The molecule has 0 saturated heterocycles. The molecule has 1 aromatic heterocycles. The van der Waals surface area contributed by atoms with Gasteiger partial charge in [0, 0.05) is 34.7 Å². The van der Waals surface area contributed by atoms with Crippen molar-refractivity contribution in [1.82, 2.24) is 9.97 Å². The number of benzene rings is 2. The number of hydrogen-bond donors (Lipinski definition) is 1. The van der Waals surface area contributed by atoms with Crippen molar-refractivity contribution in [1.29, 1.82) is 0 Å². The van der Waals surface area contributed by atoms with Crippen molar-refractivity contribution in [2.45, 2.75) is 6.54 Å². The molecule has 2 aromatic carbocycles. The van der Waals surface area contributed by atoms with Crippen LogP contribution in [0.2, 0.25) is 5.02 Å². The van der Waals surface area contributed by atoms with Gasteiger partial charge in [0.25, 0.3) is 0 Å². The van der Waals surface area contributed by atoms with E-state index < -0.39 is 0 Å². The van der Waals surface area contributed by atoms with Crippen LogP contribution in [0.4, 0.5) is 0 Å². The molecular formula is C15H12ClN3O. The van der Waals surface area contributed by atoms with Crippen LogP contribution in [0.1, 0.15) is 5.69 Å². The van der Waals surface area contributed by atoms with Crippen molar-refractivity contribution < 1.29 is 4.74 Å². The molecule has 3 rings (SSSR count). The van der Waals surface area contributed by atoms with E-state index in [1.165, 1.54) is 0 Å². The van der Waals surface area contributed by atoms with E-state index in [0.29, 0.717) is 22.3 Å². The number of rotatable bonds is 3. The average Bonchev–Trinajstić information content (AvgIpc) is 2.51. The molecule has 0 amide bonds. The first-order chi connectivity index (χ1) is 9.79. The summed E-state index contributed by atoms with van der Waals surface area (Å²) < 4.78 is 5.86. The second-order valence-corrected chi connectivity index (χ2v) is 4.61. The minimum Gasteiger partial charge on any atom is -0.437 e. The Labute approximate surface area is 121 Å². The van der Waals surface area contributed by atoms with Gasteiger partial charge in [-0.2, -0.15) is 0 Å². The molecule has 0 aliphatic rings. The molecule has 0 saturated carbocycles. The predicted molar refractivity (Wildman–Crippen MR) is 79.0 cm³/mol. The van der Waals surface area contributed by atoms with E-state index in [9.17, 15) is 0 Å². The number of hydrogen-bond acceptors (Lipinski definition) is 4. The largest absolute Gasteiger partial charge is 0.437 e. The molecule has 0 atom stereocenters. The van der Waals surface area contributed by atoms with Crippen LogP contribution in [0.25, 0.3) is 10.8 Å². The fraction of sp³-hybridized carbons (Fsp3) is 0.0667. The summed E-state index contributed by atoms with van der Waals surface area (Å²) in [7, 11) is 0. The molecule has 0 aliphatic heterocycles. The Morgan fingerprint density at radius 3 is 2.55 bits per heavy atom. The lowest BCUT2D eigenvalue weighted by molar-refractivity contribution is 0.457. The van der Waals surface area contributed by atoms with Crippen molar-refractivity contribution in [2.75, 3.05) is 0 Å². The zero-order chi connectivity index (χ0) is 13.9. The maximum atomic E-state index is 6.19. The summed E-state index contributed by atoms with van der Waals surface area (Å²) in [6.45, 7) is 0.273. The quantitative estimate of drug-likeness (QED) is 0.799. The van der Waals surface area contributed by atoms with Gasteiger partial charge in [-0.25, -0.2) is 4.98 Å². The summed E-state index contributed by atoms with van der Waals surface area (Å²) in [6.07, 6.45) is 3.17. The first-order valence-electron chi connectivity index (χ1n) is 6.14. The molecule has 0 aliphatic carbocycles. The van der Waals surface area contributed by atoms with Gasteiger partial charge >= 0.3 is 0 Å². The maximum Gasteiger partial charge on any atom is 0.242 e. The fourth-order valence-corrected chi connectivity index (χ4v) is 2.23. The van der Waals surface area contributed by atoms with Crippen LogP contribution in [-0.2, 0) is 6.54 Å². The number of nitrogens with zero attached hydrogens (tertiary/aromatic N) is 2. The second kappa shape index (κ2) is 5.45. The topological polar surface area (TPSA) is 61.0 Å². The van der Waals surface area contributed by atoms with Crippen LogP contribution in [0.3, 0.4) is 0 Å². The maximum absolute atomic E-state index is 6.19. The van der Waals surface area contributed by atoms with E-state index in [2.05, 4.69) is 9.97 Å². The SMILES string of the molecule is NCc1nccnc1Oc1ccc(Cl)c2ccccc12. The monoisotopic (exact) mass is 285 g/mol. The Kier molecular flexibility index (Phi) is 3.50. The van der Waals surface area contributed by atoms with E-state index in [-0.39, 0.29) is 6.54 Å². The lowest BCUT2D eigenvalue weighted by Crippen LogP contribution is -2.03. The van der Waals surface area contributed by atoms with Gasteiger partial charge in [-0.05, 0) is 12.1 Å². The Hall–Kier alpha value is -2.17. The zero-order valence-electron chi connectivity index (χ0n) is 10.6. The van der Waals surface area contributed by atoms with Crippen molar-refractivity contribution in [3.8, 4) is 11.6 Å². The number of halogens is 1. The molecule has 0 spiro atoms. The average molecular weight is 286 g/mol. The first-order valence-corrected chi connectivity index (χ1v) is 6.52. The lowest BCUT2D eigenvalue weighted by atomic mass is 10.1. The second-order valence-electron chi connectivity index (χ2n) is 4.21. The Bertz CT molecular complexity index is 761. The highest BCUT2D eigenvalue weighted by molar-refractivity contribution is 6.35. The molecule has 1 heterocycles. The van der Waals surface area contributed by atoms with Gasteiger partial charge in [-0.15, -0.1) is 0 Å². The molecule has 2 N–H and O–H groups in total. The highest BCUT2D eigenvalue weighted by Gasteiger charge is 2.10. The summed E-state index contributed by atoms with van der Waals surface area (Å²) in [6, 6.07) is 11.4. The Morgan fingerprint density at radius 2 is 1.75 bits per heavy atom. The molecule has 0 bridgehead atoms. The smallest absolute Gasteiger partial charge is 0.242 e. The van der Waals surface area contributed by atoms with Gasteiger partial charge < -0.3 is 10.5 Å². The van der Waals surface area contributed by atoms with Gasteiger partial charge in [-0.3, -0.25) is 4.98 Å². The first kappa shape index (κ1) is 12.8. The fourth-order valence-electron chi connectivity index (χ4n) is 2.01. The molecule has 20 heavy (non-hydrogen) atoms. The minimum atomic E-state index is 0.273. The van der Waals surface area contributed by atoms with E-state index >= 15 is 0 Å². The third-order valence-corrected chi connectivity index (χ3v) is 3.30. The van der Waals surface area contributed by atoms with E-state index in [1.807, 2.05) is 30.3 Å². The molecule has 3 aromatic rings. The standard InChI is InChI=1S/C15H12ClN3O/c16-12-5-6-14(11-4-2-1-3-10(11)12)20-15-13(9-17)18-7-8-19-15/h1-8H,9,17H2. The molecular weight excluding hydrogens is 274 g/mol. The van der Waals surface area contributed by atoms with Gasteiger partial charge in [-0.1, -0.05) is 35.9 Å². The van der Waals surface area contributed by atoms with Crippen LogP contribution >= 0.6 is 11.6 Å². The number of aromatic nitrogens is 2.